The number of hydrogen-bond acceptors (Lipinski definition) is 1. The van der Waals surface area contributed by atoms with Gasteiger partial charge in [-0.15, -0.1) is 0 Å². The number of hydrogen-bond donors (Lipinski definition) is 0. The van der Waals surface area contributed by atoms with Gasteiger partial charge in [0.25, 0.3) is 0 Å². The Morgan fingerprint density at radius 3 is 1.06 bits per heavy atom. The van der Waals surface area contributed by atoms with Crippen molar-refractivity contribution in [2.45, 2.75) is 174 Å². The van der Waals surface area contributed by atoms with Crippen LogP contribution in [-0.2, 0) is 0 Å². The van der Waals surface area contributed by atoms with Gasteiger partial charge in [-0.05, 0) is 0 Å². The second-order valence-corrected chi connectivity index (χ2v) is 39.0. The van der Waals surface area contributed by atoms with E-state index < -0.39 is 22.5 Å². The van der Waals surface area contributed by atoms with Crippen molar-refractivity contribution in [1.29, 1.82) is 0 Å². The summed E-state index contributed by atoms with van der Waals surface area (Å²) in [6, 6.07) is 0. The Labute approximate surface area is 207 Å². The van der Waals surface area contributed by atoms with Crippen LogP contribution in [0, 0.1) is 0 Å². The van der Waals surface area contributed by atoms with Crippen LogP contribution in [-0.4, -0.2) is 45.0 Å². The Kier molecular flexibility index (Phi) is 8.18. The zero-order chi connectivity index (χ0) is 26.0. The molecule has 0 atom stereocenters. The normalized spacial score (nSPS) is 20.8. The van der Waals surface area contributed by atoms with Gasteiger partial charge in [0.2, 0.25) is 0 Å². The Bertz CT molecular complexity index is 625. The van der Waals surface area contributed by atoms with E-state index in [-0.39, 0.29) is 11.1 Å². The van der Waals surface area contributed by atoms with E-state index in [0.717, 1.165) is 0 Å². The van der Waals surface area contributed by atoms with E-state index in [2.05, 4.69) is 135 Å². The molecule has 0 amide bonds. The third kappa shape index (κ3) is 5.06. The summed E-state index contributed by atoms with van der Waals surface area (Å²) in [4.78, 5) is 2.92. The van der Waals surface area contributed by atoms with E-state index >= 15 is 0 Å². The van der Waals surface area contributed by atoms with Crippen molar-refractivity contribution in [3.05, 3.63) is 0 Å². The van der Waals surface area contributed by atoms with Crippen LogP contribution in [0.25, 0.3) is 0 Å². The summed E-state index contributed by atoms with van der Waals surface area (Å²) >= 11 is 0. The van der Waals surface area contributed by atoms with Gasteiger partial charge in [0.1, 0.15) is 0 Å². The van der Waals surface area contributed by atoms with E-state index in [1.807, 2.05) is 0 Å². The molecule has 0 bridgehead atoms. The summed E-state index contributed by atoms with van der Waals surface area (Å²) in [5.74, 6) is 0. The second kappa shape index (κ2) is 8.57. The summed E-state index contributed by atoms with van der Waals surface area (Å²) in [5.41, 5.74) is 0.488. The fourth-order valence-electron chi connectivity index (χ4n) is 7.12. The molecular weight excluding hydrogens is 433 g/mol. The molecule has 1 heterocycles. The summed E-state index contributed by atoms with van der Waals surface area (Å²) in [6.45, 7) is 49.8. The average molecular weight is 494 g/mol. The number of piperidine rings is 1. The molecule has 0 aromatic rings. The number of rotatable bonds is 3. The molecule has 0 aromatic heterocycles. The van der Waals surface area contributed by atoms with Crippen LogP contribution in [0.3, 0.4) is 0 Å². The first kappa shape index (κ1) is 30.5. The fraction of sp³-hybridized carbons (Fsp3) is 1.00. The number of nitrogens with zero attached hydrogens (tertiary/aromatic N) is 1. The molecular formula is C27H60BNSi3. The van der Waals surface area contributed by atoms with Gasteiger partial charge in [-0.3, -0.25) is 0 Å². The molecule has 0 aliphatic carbocycles. The van der Waals surface area contributed by atoms with Gasteiger partial charge < -0.3 is 0 Å². The molecule has 1 saturated heterocycles. The standard InChI is InChI=1S/C27H60BNSi3/c1-22(2,3)31(17,23(4,5)6)30(32(18,24(7,8)9)25(10,11)12)28-29-26(13,14)20-19-21-27(29,15)16/h19-21H2,1-18H3. The zero-order valence-corrected chi connectivity index (χ0v) is 28.6. The molecule has 1 fully saturated rings. The van der Waals surface area contributed by atoms with Crippen molar-refractivity contribution in [2.75, 3.05) is 0 Å². The predicted octanol–water partition coefficient (Wildman–Crippen LogP) is 9.15. The Hall–Kier alpha value is 0.516. The van der Waals surface area contributed by atoms with Crippen LogP contribution in [0.5, 0.6) is 0 Å². The molecule has 1 rings (SSSR count). The van der Waals surface area contributed by atoms with Crippen molar-refractivity contribution in [2.24, 2.45) is 0 Å². The molecule has 0 saturated carbocycles. The molecule has 32 heavy (non-hydrogen) atoms. The van der Waals surface area contributed by atoms with Gasteiger partial charge in [-0.1, -0.05) is 0 Å². The van der Waals surface area contributed by atoms with Crippen LogP contribution in [0.15, 0.2) is 0 Å². The van der Waals surface area contributed by atoms with Gasteiger partial charge >= 0.3 is 208 Å². The molecule has 0 radical (unpaired) electrons. The SMILES string of the molecule is CC1(C)CCCC(C)(C)N1B=[Si]([Si](C)(C(C)(C)C)C(C)(C)C)[Si](C)(C(C)(C)C)C(C)(C)C. The van der Waals surface area contributed by atoms with Crippen LogP contribution in [0.1, 0.15) is 130 Å². The first-order valence-electron chi connectivity index (χ1n) is 13.2. The summed E-state index contributed by atoms with van der Waals surface area (Å²) in [7, 11) is -4.37. The Balaban J connectivity index is 4.27. The molecule has 5 heteroatoms. The van der Waals surface area contributed by atoms with Gasteiger partial charge in [0, 0.05) is 0 Å². The molecule has 0 spiro atoms. The first-order valence-corrected chi connectivity index (χ1v) is 21.8. The van der Waals surface area contributed by atoms with Crippen molar-refractivity contribution in [3.8, 4) is 0 Å². The summed E-state index contributed by atoms with van der Waals surface area (Å²) < 4.78 is 0. The van der Waals surface area contributed by atoms with Gasteiger partial charge in [0.05, 0.1) is 0 Å². The van der Waals surface area contributed by atoms with Crippen molar-refractivity contribution in [1.82, 2.24) is 4.81 Å². The summed E-state index contributed by atoms with van der Waals surface area (Å²) in [6.07, 6.45) is 3.98. The van der Waals surface area contributed by atoms with Gasteiger partial charge in [-0.2, -0.15) is 0 Å². The van der Waals surface area contributed by atoms with Gasteiger partial charge in [-0.25, -0.2) is 0 Å². The van der Waals surface area contributed by atoms with Crippen LogP contribution in [0.4, 0.5) is 0 Å². The predicted molar refractivity (Wildman–Crippen MR) is 157 cm³/mol. The Morgan fingerprint density at radius 2 is 0.844 bits per heavy atom. The first-order chi connectivity index (χ1) is 13.7. The van der Waals surface area contributed by atoms with Crippen LogP contribution >= 0.6 is 0 Å². The zero-order valence-electron chi connectivity index (χ0n) is 25.6. The van der Waals surface area contributed by atoms with Crippen LogP contribution < -0.4 is 0 Å². The minimum absolute atomic E-state index is 0.244. The van der Waals surface area contributed by atoms with E-state index in [1.165, 1.54) is 19.3 Å². The Morgan fingerprint density at radius 1 is 0.594 bits per heavy atom. The third-order valence-corrected chi connectivity index (χ3v) is 50.1. The molecule has 1 nitrogen and oxygen atoms in total. The van der Waals surface area contributed by atoms with E-state index in [9.17, 15) is 0 Å². The quantitative estimate of drug-likeness (QED) is 0.354. The molecule has 188 valence electrons. The monoisotopic (exact) mass is 493 g/mol. The van der Waals surface area contributed by atoms with Crippen molar-refractivity contribution < 1.29 is 0 Å². The van der Waals surface area contributed by atoms with E-state index in [4.69, 9.17) is 0 Å². The van der Waals surface area contributed by atoms with Crippen molar-refractivity contribution >= 4 is 29.1 Å². The minimum atomic E-state index is -1.78. The average Bonchev–Trinajstić information content (AvgIpc) is 2.47. The van der Waals surface area contributed by atoms with Crippen LogP contribution in [0.2, 0.25) is 33.2 Å². The maximum atomic E-state index is 3.00. The second-order valence-electron chi connectivity index (χ2n) is 16.6. The maximum absolute atomic E-state index is 3.00. The van der Waals surface area contributed by atoms with Crippen molar-refractivity contribution in [3.63, 3.8) is 0 Å². The molecule has 1 aliphatic heterocycles. The molecule has 1 aliphatic rings. The molecule has 0 aromatic carbocycles. The topological polar surface area (TPSA) is 3.24 Å². The van der Waals surface area contributed by atoms with E-state index in [0.29, 0.717) is 20.2 Å². The van der Waals surface area contributed by atoms with Gasteiger partial charge in [0.15, 0.2) is 0 Å². The third-order valence-electron chi connectivity index (χ3n) is 10.2. The molecule has 0 unspecified atom stereocenters. The molecule has 0 N–H and O–H groups in total. The summed E-state index contributed by atoms with van der Waals surface area (Å²) in [5, 5.41) is 1.46. The fourth-order valence-corrected chi connectivity index (χ4v) is 54.8. The van der Waals surface area contributed by atoms with E-state index in [1.54, 1.807) is 0 Å².